The number of methoxy groups -OCH3 is 1. The number of aliphatic carboxylic acids is 1. The standard InChI is InChI=1S/C28H35ClN4O6/c1-39-18-10-17-12-20(31-23(17)19(29)13-18)26(36)33-15-28(7-3-2-4-8-28)14-22(33)25(35)32-21(27(37)38)11-16-6-5-9-30-24(16)34/h10,12-13,16,21-22,31H,2-9,11,14-15H2,1H3,(H,30,34)(H,32,35)(H,37,38)/t16-,21-,22?/m0/s1. The number of aromatic amines is 1. The van der Waals surface area contributed by atoms with Crippen LogP contribution in [0.2, 0.25) is 5.02 Å². The number of nitrogens with zero attached hydrogens (tertiary/aromatic N) is 1. The minimum atomic E-state index is -1.22. The van der Waals surface area contributed by atoms with Crippen molar-refractivity contribution in [1.82, 2.24) is 20.5 Å². The van der Waals surface area contributed by atoms with Gasteiger partial charge < -0.3 is 30.4 Å². The van der Waals surface area contributed by atoms with Gasteiger partial charge in [-0.15, -0.1) is 0 Å². The number of halogens is 1. The number of amides is 3. The summed E-state index contributed by atoms with van der Waals surface area (Å²) < 4.78 is 5.29. The first-order valence-corrected chi connectivity index (χ1v) is 14.1. The summed E-state index contributed by atoms with van der Waals surface area (Å²) in [5, 5.41) is 16.4. The molecule has 1 spiro atoms. The maximum absolute atomic E-state index is 13.9. The molecule has 2 aliphatic heterocycles. The van der Waals surface area contributed by atoms with E-state index in [-0.39, 0.29) is 23.7 Å². The zero-order valence-electron chi connectivity index (χ0n) is 22.1. The van der Waals surface area contributed by atoms with Crippen molar-refractivity contribution in [1.29, 1.82) is 0 Å². The molecule has 1 aromatic heterocycles. The molecule has 2 aromatic rings. The molecule has 1 aromatic carbocycles. The number of benzene rings is 1. The molecule has 3 aliphatic rings. The number of ether oxygens (including phenoxy) is 1. The number of nitrogens with one attached hydrogen (secondary N) is 3. The number of fused-ring (bicyclic) bond motifs is 1. The van der Waals surface area contributed by atoms with Gasteiger partial charge >= 0.3 is 5.97 Å². The highest BCUT2D eigenvalue weighted by Gasteiger charge is 2.49. The molecule has 1 saturated carbocycles. The Morgan fingerprint density at radius 3 is 2.67 bits per heavy atom. The lowest BCUT2D eigenvalue weighted by molar-refractivity contribution is -0.143. The Bertz CT molecular complexity index is 1290. The van der Waals surface area contributed by atoms with Gasteiger partial charge in [-0.3, -0.25) is 14.4 Å². The molecule has 1 aliphatic carbocycles. The van der Waals surface area contributed by atoms with Gasteiger partial charge in [0, 0.05) is 30.5 Å². The Labute approximate surface area is 231 Å². The highest BCUT2D eigenvalue weighted by atomic mass is 35.5. The Morgan fingerprint density at radius 2 is 1.97 bits per heavy atom. The number of likely N-dealkylation sites (tertiary alicyclic amines) is 1. The van der Waals surface area contributed by atoms with E-state index >= 15 is 0 Å². The lowest BCUT2D eigenvalue weighted by Gasteiger charge is -2.32. The van der Waals surface area contributed by atoms with Crippen LogP contribution in [0, 0.1) is 11.3 Å². The van der Waals surface area contributed by atoms with E-state index in [2.05, 4.69) is 15.6 Å². The number of carbonyl (C=O) groups is 4. The van der Waals surface area contributed by atoms with E-state index in [1.807, 2.05) is 0 Å². The van der Waals surface area contributed by atoms with E-state index in [0.29, 0.717) is 53.3 Å². The molecule has 1 unspecified atom stereocenters. The third-order valence-electron chi connectivity index (χ3n) is 8.64. The molecular formula is C28H35ClN4O6. The van der Waals surface area contributed by atoms with Crippen molar-refractivity contribution in [2.75, 3.05) is 20.2 Å². The minimum absolute atomic E-state index is 0.0149. The second-order valence-corrected chi connectivity index (χ2v) is 11.6. The van der Waals surface area contributed by atoms with Crippen molar-refractivity contribution in [2.45, 2.75) is 69.9 Å². The van der Waals surface area contributed by atoms with Gasteiger partial charge in [-0.25, -0.2) is 4.79 Å². The van der Waals surface area contributed by atoms with Crippen LogP contribution in [0.1, 0.15) is 68.3 Å². The lowest BCUT2D eigenvalue weighted by atomic mass is 9.72. The van der Waals surface area contributed by atoms with Crippen LogP contribution < -0.4 is 15.4 Å². The van der Waals surface area contributed by atoms with E-state index in [1.54, 1.807) is 30.2 Å². The first-order valence-electron chi connectivity index (χ1n) is 13.7. The summed E-state index contributed by atoms with van der Waals surface area (Å²) in [7, 11) is 1.54. The smallest absolute Gasteiger partial charge is 0.326 e. The van der Waals surface area contributed by atoms with Crippen molar-refractivity contribution < 1.29 is 29.0 Å². The average Bonchev–Trinajstić information content (AvgIpc) is 3.52. The molecule has 0 radical (unpaired) electrons. The predicted octanol–water partition coefficient (Wildman–Crippen LogP) is 3.48. The van der Waals surface area contributed by atoms with E-state index in [9.17, 15) is 24.3 Å². The van der Waals surface area contributed by atoms with Crippen molar-refractivity contribution in [2.24, 2.45) is 11.3 Å². The van der Waals surface area contributed by atoms with Crippen LogP contribution >= 0.6 is 11.6 Å². The minimum Gasteiger partial charge on any atom is -0.497 e. The molecule has 11 heteroatoms. The van der Waals surface area contributed by atoms with E-state index in [1.165, 1.54) is 0 Å². The number of piperidine rings is 1. The molecule has 10 nitrogen and oxygen atoms in total. The predicted molar refractivity (Wildman–Crippen MR) is 145 cm³/mol. The number of rotatable bonds is 7. The number of carboxylic acids is 1. The number of carboxylic acid groups (broad SMARTS) is 1. The van der Waals surface area contributed by atoms with Crippen molar-refractivity contribution in [3.63, 3.8) is 0 Å². The Balaban J connectivity index is 1.40. The fourth-order valence-electron chi connectivity index (χ4n) is 6.56. The van der Waals surface area contributed by atoms with Gasteiger partial charge in [-0.2, -0.15) is 0 Å². The van der Waals surface area contributed by atoms with Gasteiger partial charge in [0.1, 0.15) is 23.5 Å². The van der Waals surface area contributed by atoms with Gasteiger partial charge in [0.2, 0.25) is 11.8 Å². The summed E-state index contributed by atoms with van der Waals surface area (Å²) in [6.45, 7) is 1.01. The van der Waals surface area contributed by atoms with Crippen LogP contribution in [0.3, 0.4) is 0 Å². The van der Waals surface area contributed by atoms with Gasteiger partial charge in [-0.05, 0) is 56.1 Å². The van der Waals surface area contributed by atoms with Gasteiger partial charge in [0.25, 0.3) is 5.91 Å². The molecule has 39 heavy (non-hydrogen) atoms. The summed E-state index contributed by atoms with van der Waals surface area (Å²) in [4.78, 5) is 56.6. The fraction of sp³-hybridized carbons (Fsp3) is 0.571. The molecule has 3 fully saturated rings. The first-order chi connectivity index (χ1) is 18.7. The van der Waals surface area contributed by atoms with Crippen LogP contribution in [0.25, 0.3) is 10.9 Å². The quantitative estimate of drug-likeness (QED) is 0.410. The molecule has 3 amide bonds. The van der Waals surface area contributed by atoms with E-state index in [4.69, 9.17) is 16.3 Å². The number of hydrogen-bond donors (Lipinski definition) is 4. The molecule has 3 atom stereocenters. The van der Waals surface area contributed by atoms with Crippen molar-refractivity contribution >= 4 is 46.2 Å². The Kier molecular flexibility index (Phi) is 7.75. The molecule has 0 bridgehead atoms. The van der Waals surface area contributed by atoms with Gasteiger partial charge in [0.15, 0.2) is 0 Å². The molecule has 4 N–H and O–H groups in total. The molecule has 5 rings (SSSR count). The second kappa shape index (κ2) is 11.1. The van der Waals surface area contributed by atoms with E-state index in [0.717, 1.165) is 38.5 Å². The zero-order valence-corrected chi connectivity index (χ0v) is 22.8. The summed E-state index contributed by atoms with van der Waals surface area (Å²) in [6.07, 6.45) is 6.87. The van der Waals surface area contributed by atoms with Crippen LogP contribution in [0.15, 0.2) is 18.2 Å². The zero-order chi connectivity index (χ0) is 27.7. The highest BCUT2D eigenvalue weighted by molar-refractivity contribution is 6.35. The van der Waals surface area contributed by atoms with Gasteiger partial charge in [0.05, 0.1) is 17.6 Å². The number of aromatic nitrogens is 1. The normalized spacial score (nSPS) is 23.4. The molecular weight excluding hydrogens is 524 g/mol. The summed E-state index contributed by atoms with van der Waals surface area (Å²) in [5.41, 5.74) is 0.731. The Morgan fingerprint density at radius 1 is 1.21 bits per heavy atom. The van der Waals surface area contributed by atoms with E-state index < -0.39 is 29.9 Å². The summed E-state index contributed by atoms with van der Waals surface area (Å²) >= 11 is 6.41. The van der Waals surface area contributed by atoms with Crippen LogP contribution in [-0.2, 0) is 14.4 Å². The number of carbonyl (C=O) groups excluding carboxylic acids is 3. The largest absolute Gasteiger partial charge is 0.497 e. The Hall–Kier alpha value is -3.27. The summed E-state index contributed by atoms with van der Waals surface area (Å²) in [5.74, 6) is -2.11. The third kappa shape index (κ3) is 5.57. The monoisotopic (exact) mass is 558 g/mol. The molecule has 3 heterocycles. The fourth-order valence-corrected chi connectivity index (χ4v) is 6.83. The van der Waals surface area contributed by atoms with Crippen LogP contribution in [-0.4, -0.2) is 71.0 Å². The van der Waals surface area contributed by atoms with Crippen molar-refractivity contribution in [3.8, 4) is 5.75 Å². The highest BCUT2D eigenvalue weighted by Crippen LogP contribution is 2.47. The average molecular weight is 559 g/mol. The third-order valence-corrected chi connectivity index (χ3v) is 8.94. The summed E-state index contributed by atoms with van der Waals surface area (Å²) in [6, 6.07) is 3.12. The number of hydrogen-bond acceptors (Lipinski definition) is 5. The number of H-pyrrole nitrogens is 1. The van der Waals surface area contributed by atoms with Crippen LogP contribution in [0.4, 0.5) is 0 Å². The lowest BCUT2D eigenvalue weighted by Crippen LogP contribution is -2.52. The maximum atomic E-state index is 13.9. The second-order valence-electron chi connectivity index (χ2n) is 11.2. The maximum Gasteiger partial charge on any atom is 0.326 e. The molecule has 2 saturated heterocycles. The van der Waals surface area contributed by atoms with Crippen LogP contribution in [0.5, 0.6) is 5.75 Å². The van der Waals surface area contributed by atoms with Crippen molar-refractivity contribution in [3.05, 3.63) is 28.9 Å². The van der Waals surface area contributed by atoms with Gasteiger partial charge in [-0.1, -0.05) is 30.9 Å². The first kappa shape index (κ1) is 27.3. The molecule has 210 valence electrons. The topological polar surface area (TPSA) is 141 Å². The SMILES string of the molecule is COc1cc(Cl)c2[nH]c(C(=O)N3CC4(CCCCC4)CC3C(=O)N[C@@H](C[C@@H]3CCCNC3=O)C(=O)O)cc2c1.